The van der Waals surface area contributed by atoms with E-state index in [1.54, 1.807) is 0 Å². The van der Waals surface area contributed by atoms with E-state index in [2.05, 4.69) is 10.3 Å². The zero-order valence-electron chi connectivity index (χ0n) is 11.8. The summed E-state index contributed by atoms with van der Waals surface area (Å²) < 4.78 is 0. The van der Waals surface area contributed by atoms with Crippen molar-refractivity contribution in [2.24, 2.45) is 5.92 Å². The highest BCUT2D eigenvalue weighted by Crippen LogP contribution is 2.23. The monoisotopic (exact) mass is 297 g/mol. The van der Waals surface area contributed by atoms with Crippen molar-refractivity contribution in [2.75, 3.05) is 18.5 Å². The molecule has 0 radical (unpaired) electrons. The summed E-state index contributed by atoms with van der Waals surface area (Å²) in [4.78, 5) is 25.0. The SMILES string of the molecule is CCCC(CCO)CNc1ncc(C(=O)O)cc1[N+](=O)[O-]. The molecule has 116 valence electrons. The van der Waals surface area contributed by atoms with Gasteiger partial charge >= 0.3 is 11.7 Å². The van der Waals surface area contributed by atoms with Crippen LogP contribution in [0, 0.1) is 16.0 Å². The first-order valence-electron chi connectivity index (χ1n) is 6.72. The second-order valence-corrected chi connectivity index (χ2v) is 4.70. The maximum Gasteiger partial charge on any atom is 0.337 e. The average Bonchev–Trinajstić information content (AvgIpc) is 2.44. The Hall–Kier alpha value is -2.22. The number of carboxylic acids is 1. The largest absolute Gasteiger partial charge is 0.478 e. The molecule has 1 unspecified atom stereocenters. The minimum Gasteiger partial charge on any atom is -0.478 e. The summed E-state index contributed by atoms with van der Waals surface area (Å²) in [6.07, 6.45) is 3.51. The molecular weight excluding hydrogens is 278 g/mol. The number of pyridine rings is 1. The number of aliphatic hydroxyl groups is 1. The van der Waals surface area contributed by atoms with Gasteiger partial charge in [-0.25, -0.2) is 9.78 Å². The van der Waals surface area contributed by atoms with Crippen LogP contribution in [0.1, 0.15) is 36.5 Å². The summed E-state index contributed by atoms with van der Waals surface area (Å²) in [5.41, 5.74) is -0.595. The van der Waals surface area contributed by atoms with Gasteiger partial charge in [-0.3, -0.25) is 10.1 Å². The summed E-state index contributed by atoms with van der Waals surface area (Å²) >= 11 is 0. The number of nitrogens with zero attached hydrogens (tertiary/aromatic N) is 2. The lowest BCUT2D eigenvalue weighted by Gasteiger charge is -2.16. The number of aromatic nitrogens is 1. The third-order valence-corrected chi connectivity index (χ3v) is 3.10. The third-order valence-electron chi connectivity index (χ3n) is 3.10. The van der Waals surface area contributed by atoms with E-state index in [9.17, 15) is 14.9 Å². The van der Waals surface area contributed by atoms with Crippen LogP contribution in [0.4, 0.5) is 11.5 Å². The van der Waals surface area contributed by atoms with Gasteiger partial charge in [-0.2, -0.15) is 0 Å². The molecule has 1 rings (SSSR count). The Kier molecular flexibility index (Phi) is 6.54. The van der Waals surface area contributed by atoms with Gasteiger partial charge in [0.25, 0.3) is 0 Å². The van der Waals surface area contributed by atoms with Crippen molar-refractivity contribution >= 4 is 17.5 Å². The van der Waals surface area contributed by atoms with Crippen molar-refractivity contribution in [3.05, 3.63) is 27.9 Å². The summed E-state index contributed by atoms with van der Waals surface area (Å²) in [6, 6.07) is 0.985. The molecule has 21 heavy (non-hydrogen) atoms. The standard InChI is InChI=1S/C13H19N3O5/c1-2-3-9(4-5-17)7-14-12-11(16(20)21)6-10(8-15-12)13(18)19/h6,8-9,17H,2-5,7H2,1H3,(H,14,15)(H,18,19). The van der Waals surface area contributed by atoms with E-state index in [0.717, 1.165) is 25.1 Å². The Morgan fingerprint density at radius 1 is 1.52 bits per heavy atom. The van der Waals surface area contributed by atoms with E-state index in [0.29, 0.717) is 13.0 Å². The minimum absolute atomic E-state index is 0.0454. The second-order valence-electron chi connectivity index (χ2n) is 4.70. The first-order valence-corrected chi connectivity index (χ1v) is 6.72. The molecule has 1 aromatic heterocycles. The molecular formula is C13H19N3O5. The average molecular weight is 297 g/mol. The highest BCUT2D eigenvalue weighted by Gasteiger charge is 2.19. The minimum atomic E-state index is -1.26. The van der Waals surface area contributed by atoms with Gasteiger partial charge in [0.2, 0.25) is 5.82 Å². The van der Waals surface area contributed by atoms with Crippen LogP contribution in [0.25, 0.3) is 0 Å². The summed E-state index contributed by atoms with van der Waals surface area (Å²) in [5.74, 6) is -1.04. The lowest BCUT2D eigenvalue weighted by atomic mass is 10.0. The Morgan fingerprint density at radius 3 is 2.76 bits per heavy atom. The summed E-state index contributed by atoms with van der Waals surface area (Å²) in [5, 5.41) is 31.7. The van der Waals surface area contributed by atoms with Gasteiger partial charge in [0, 0.05) is 25.4 Å². The molecule has 3 N–H and O–H groups in total. The predicted octanol–water partition coefficient (Wildman–Crippen LogP) is 1.90. The molecule has 0 aliphatic carbocycles. The molecule has 0 saturated heterocycles. The molecule has 0 saturated carbocycles. The zero-order chi connectivity index (χ0) is 15.8. The lowest BCUT2D eigenvalue weighted by Crippen LogP contribution is -2.17. The smallest absolute Gasteiger partial charge is 0.337 e. The van der Waals surface area contributed by atoms with Crippen molar-refractivity contribution < 1.29 is 19.9 Å². The number of nitro groups is 1. The Balaban J connectivity index is 2.86. The van der Waals surface area contributed by atoms with E-state index in [1.165, 1.54) is 0 Å². The van der Waals surface area contributed by atoms with Gasteiger partial charge in [0.1, 0.15) is 0 Å². The molecule has 0 aliphatic rings. The number of carbonyl (C=O) groups is 1. The van der Waals surface area contributed by atoms with Crippen LogP contribution < -0.4 is 5.32 Å². The summed E-state index contributed by atoms with van der Waals surface area (Å²) in [7, 11) is 0. The molecule has 0 aliphatic heterocycles. The molecule has 8 heteroatoms. The van der Waals surface area contributed by atoms with Crippen molar-refractivity contribution in [2.45, 2.75) is 26.2 Å². The van der Waals surface area contributed by atoms with Gasteiger partial charge in [0.15, 0.2) is 0 Å². The Labute approximate surface area is 122 Å². The predicted molar refractivity (Wildman–Crippen MR) is 76.4 cm³/mol. The number of hydrogen-bond donors (Lipinski definition) is 3. The number of hydrogen-bond acceptors (Lipinski definition) is 6. The Morgan fingerprint density at radius 2 is 2.24 bits per heavy atom. The molecule has 0 spiro atoms. The van der Waals surface area contributed by atoms with E-state index in [-0.39, 0.29) is 29.6 Å². The maximum absolute atomic E-state index is 11.0. The van der Waals surface area contributed by atoms with Crippen LogP contribution in [0.3, 0.4) is 0 Å². The first-order chi connectivity index (χ1) is 9.99. The molecule has 1 aromatic rings. The fraction of sp³-hybridized carbons (Fsp3) is 0.538. The first kappa shape index (κ1) is 16.8. The van der Waals surface area contributed by atoms with Gasteiger partial charge in [-0.1, -0.05) is 13.3 Å². The quantitative estimate of drug-likeness (QED) is 0.469. The molecule has 1 heterocycles. The lowest BCUT2D eigenvalue weighted by molar-refractivity contribution is -0.384. The number of nitrogens with one attached hydrogen (secondary N) is 1. The Bertz CT molecular complexity index is 501. The number of carboxylic acid groups (broad SMARTS) is 1. The van der Waals surface area contributed by atoms with Crippen molar-refractivity contribution in [1.29, 1.82) is 0 Å². The number of rotatable bonds is 9. The fourth-order valence-corrected chi connectivity index (χ4v) is 2.03. The van der Waals surface area contributed by atoms with E-state index in [1.807, 2.05) is 6.92 Å². The van der Waals surface area contributed by atoms with Crippen molar-refractivity contribution in [1.82, 2.24) is 4.98 Å². The maximum atomic E-state index is 11.0. The van der Waals surface area contributed by atoms with Gasteiger partial charge in [-0.15, -0.1) is 0 Å². The zero-order valence-corrected chi connectivity index (χ0v) is 11.8. The topological polar surface area (TPSA) is 126 Å². The van der Waals surface area contributed by atoms with E-state index < -0.39 is 10.9 Å². The third kappa shape index (κ3) is 4.99. The van der Waals surface area contributed by atoms with Crippen molar-refractivity contribution in [3.63, 3.8) is 0 Å². The van der Waals surface area contributed by atoms with Gasteiger partial charge < -0.3 is 15.5 Å². The van der Waals surface area contributed by atoms with Crippen LogP contribution in [0.15, 0.2) is 12.3 Å². The van der Waals surface area contributed by atoms with Crippen LogP contribution in [0.2, 0.25) is 0 Å². The molecule has 8 nitrogen and oxygen atoms in total. The van der Waals surface area contributed by atoms with Gasteiger partial charge in [0.05, 0.1) is 10.5 Å². The second kappa shape index (κ2) is 8.15. The van der Waals surface area contributed by atoms with Gasteiger partial charge in [-0.05, 0) is 18.8 Å². The molecule has 1 atom stereocenters. The van der Waals surface area contributed by atoms with Crippen LogP contribution in [-0.4, -0.2) is 39.2 Å². The molecule has 0 amide bonds. The summed E-state index contributed by atoms with van der Waals surface area (Å²) in [6.45, 7) is 2.52. The number of anilines is 1. The van der Waals surface area contributed by atoms with Crippen LogP contribution >= 0.6 is 0 Å². The van der Waals surface area contributed by atoms with Crippen molar-refractivity contribution in [3.8, 4) is 0 Å². The number of aliphatic hydroxyl groups excluding tert-OH is 1. The normalized spacial score (nSPS) is 11.9. The molecule has 0 aromatic carbocycles. The van der Waals surface area contributed by atoms with Crippen LogP contribution in [-0.2, 0) is 0 Å². The van der Waals surface area contributed by atoms with Crippen LogP contribution in [0.5, 0.6) is 0 Å². The van der Waals surface area contributed by atoms with E-state index >= 15 is 0 Å². The molecule has 0 bridgehead atoms. The highest BCUT2D eigenvalue weighted by atomic mass is 16.6. The fourth-order valence-electron chi connectivity index (χ4n) is 2.03. The number of aromatic carboxylic acids is 1. The molecule has 0 fully saturated rings. The highest BCUT2D eigenvalue weighted by molar-refractivity contribution is 5.88. The van der Waals surface area contributed by atoms with E-state index in [4.69, 9.17) is 10.2 Å².